The molecule has 1 aromatic rings. The molecule has 140 valence electrons. The van der Waals surface area contributed by atoms with E-state index in [1.165, 1.54) is 0 Å². The number of hydrogen-bond donors (Lipinski definition) is 2. The largest absolute Gasteiger partial charge is 0.388 e. The van der Waals surface area contributed by atoms with Crippen molar-refractivity contribution in [2.45, 2.75) is 26.4 Å². The summed E-state index contributed by atoms with van der Waals surface area (Å²) in [6.45, 7) is 10.2. The van der Waals surface area contributed by atoms with Crippen LogP contribution in [0, 0.1) is 11.3 Å². The molecule has 2 N–H and O–H groups in total. The number of carbonyl (C=O) groups is 1. The maximum Gasteiger partial charge on any atom is 0.266 e. The van der Waals surface area contributed by atoms with Crippen molar-refractivity contribution >= 4 is 5.91 Å². The lowest BCUT2D eigenvalue weighted by Gasteiger charge is -2.27. The summed E-state index contributed by atoms with van der Waals surface area (Å²) in [4.78, 5) is 16.9. The van der Waals surface area contributed by atoms with Crippen LogP contribution in [-0.4, -0.2) is 61.0 Å². The minimum Gasteiger partial charge on any atom is -0.388 e. The lowest BCUT2D eigenvalue weighted by Crippen LogP contribution is -2.45. The maximum absolute atomic E-state index is 12.8. The lowest BCUT2D eigenvalue weighted by atomic mass is 10.1. The molecule has 0 unspecified atom stereocenters. The molecule has 0 saturated carbocycles. The monoisotopic (exact) mass is 355 g/mol. The number of nitrogens with zero attached hydrogens (tertiary/aromatic N) is 3. The van der Waals surface area contributed by atoms with Gasteiger partial charge in [-0.3, -0.25) is 9.69 Å². The quantitative estimate of drug-likeness (QED) is 0.418. The second kappa shape index (κ2) is 10.6. The predicted molar refractivity (Wildman–Crippen MR) is 103 cm³/mol. The number of hydrogen-bond acceptors (Lipinski definition) is 5. The molecule has 0 aromatic heterocycles. The first-order valence-corrected chi connectivity index (χ1v) is 9.23. The Morgan fingerprint density at radius 2 is 2.04 bits per heavy atom. The van der Waals surface area contributed by atoms with Gasteiger partial charge in [0, 0.05) is 58.1 Å². The summed E-state index contributed by atoms with van der Waals surface area (Å²) in [6.07, 6.45) is 1.56. The van der Waals surface area contributed by atoms with E-state index in [1.54, 1.807) is 11.1 Å². The van der Waals surface area contributed by atoms with Crippen molar-refractivity contribution in [3.05, 3.63) is 47.7 Å². The number of nitrogens with one attached hydrogen (secondary N) is 2. The highest BCUT2D eigenvalue weighted by atomic mass is 16.2. The molecule has 1 amide bonds. The Balaban J connectivity index is 1.92. The molecule has 2 rings (SSSR count). The zero-order valence-electron chi connectivity index (χ0n) is 15.7. The third-order valence-corrected chi connectivity index (χ3v) is 4.46. The maximum atomic E-state index is 12.8. The summed E-state index contributed by atoms with van der Waals surface area (Å²) >= 11 is 0. The molecule has 1 aliphatic heterocycles. The molecule has 0 spiro atoms. The Labute approximate surface area is 156 Å². The molecule has 1 aromatic carbocycles. The van der Waals surface area contributed by atoms with Gasteiger partial charge in [-0.2, -0.15) is 5.26 Å². The highest BCUT2D eigenvalue weighted by Gasteiger charge is 2.21. The van der Waals surface area contributed by atoms with Gasteiger partial charge in [0.25, 0.3) is 5.91 Å². The predicted octanol–water partition coefficient (Wildman–Crippen LogP) is 1.33. The highest BCUT2D eigenvalue weighted by molar-refractivity contribution is 5.97. The van der Waals surface area contributed by atoms with Crippen molar-refractivity contribution in [3.63, 3.8) is 0 Å². The van der Waals surface area contributed by atoms with Gasteiger partial charge in [-0.05, 0) is 19.4 Å². The second-order valence-electron chi connectivity index (χ2n) is 6.73. The van der Waals surface area contributed by atoms with Crippen LogP contribution in [0.25, 0.3) is 0 Å². The number of carbonyl (C=O) groups excluding carboxylic acids is 1. The average molecular weight is 355 g/mol. The van der Waals surface area contributed by atoms with E-state index < -0.39 is 0 Å². The molecule has 1 fully saturated rings. The van der Waals surface area contributed by atoms with Crippen LogP contribution in [0.15, 0.2) is 42.1 Å². The van der Waals surface area contributed by atoms with Crippen LogP contribution in [0.1, 0.15) is 19.4 Å². The van der Waals surface area contributed by atoms with E-state index in [9.17, 15) is 10.1 Å². The van der Waals surface area contributed by atoms with Gasteiger partial charge in [0.15, 0.2) is 0 Å². The molecule has 0 radical (unpaired) electrons. The Morgan fingerprint density at radius 1 is 1.35 bits per heavy atom. The molecule has 1 saturated heterocycles. The number of benzene rings is 1. The fourth-order valence-electron chi connectivity index (χ4n) is 2.90. The second-order valence-corrected chi connectivity index (χ2v) is 6.73. The Morgan fingerprint density at radius 3 is 2.65 bits per heavy atom. The van der Waals surface area contributed by atoms with Gasteiger partial charge >= 0.3 is 0 Å². The van der Waals surface area contributed by atoms with E-state index in [1.807, 2.05) is 50.2 Å². The van der Waals surface area contributed by atoms with Gasteiger partial charge in [0.2, 0.25) is 0 Å². The number of amides is 1. The van der Waals surface area contributed by atoms with Crippen LogP contribution in [0.2, 0.25) is 0 Å². The SMILES string of the molecule is CC(C)N(Cc1ccccc1)C(=O)/C(C#N)=C\NCCN1CCNCC1. The van der Waals surface area contributed by atoms with Gasteiger partial charge < -0.3 is 15.5 Å². The van der Waals surface area contributed by atoms with Crippen LogP contribution in [0.4, 0.5) is 0 Å². The molecule has 1 heterocycles. The molecule has 0 bridgehead atoms. The Bertz CT molecular complexity index is 629. The van der Waals surface area contributed by atoms with E-state index in [2.05, 4.69) is 15.5 Å². The fraction of sp³-hybridized carbons (Fsp3) is 0.500. The Kier molecular flexibility index (Phi) is 8.13. The number of piperazine rings is 1. The first kappa shape index (κ1) is 20.0. The summed E-state index contributed by atoms with van der Waals surface area (Å²) in [5, 5.41) is 15.9. The molecule has 1 aliphatic rings. The molecular formula is C20H29N5O. The highest BCUT2D eigenvalue weighted by Crippen LogP contribution is 2.12. The summed E-state index contributed by atoms with van der Waals surface area (Å²) < 4.78 is 0. The molecular weight excluding hydrogens is 326 g/mol. The zero-order chi connectivity index (χ0) is 18.8. The molecule has 6 heteroatoms. The van der Waals surface area contributed by atoms with E-state index in [-0.39, 0.29) is 17.5 Å². The van der Waals surface area contributed by atoms with E-state index >= 15 is 0 Å². The van der Waals surface area contributed by atoms with Crippen LogP contribution in [0.5, 0.6) is 0 Å². The van der Waals surface area contributed by atoms with E-state index in [0.717, 1.165) is 44.8 Å². The van der Waals surface area contributed by atoms with Crippen molar-refractivity contribution in [2.24, 2.45) is 0 Å². The van der Waals surface area contributed by atoms with Gasteiger partial charge in [0.05, 0.1) is 0 Å². The van der Waals surface area contributed by atoms with Crippen molar-refractivity contribution in [1.82, 2.24) is 20.4 Å². The van der Waals surface area contributed by atoms with E-state index in [0.29, 0.717) is 6.54 Å². The van der Waals surface area contributed by atoms with Crippen LogP contribution in [-0.2, 0) is 11.3 Å². The number of rotatable bonds is 8. The van der Waals surface area contributed by atoms with Crippen molar-refractivity contribution in [3.8, 4) is 6.07 Å². The third-order valence-electron chi connectivity index (χ3n) is 4.46. The first-order valence-electron chi connectivity index (χ1n) is 9.23. The molecule has 6 nitrogen and oxygen atoms in total. The van der Waals surface area contributed by atoms with Crippen molar-refractivity contribution < 1.29 is 4.79 Å². The molecule has 0 atom stereocenters. The van der Waals surface area contributed by atoms with Crippen LogP contribution < -0.4 is 10.6 Å². The van der Waals surface area contributed by atoms with Gasteiger partial charge in [-0.15, -0.1) is 0 Å². The van der Waals surface area contributed by atoms with Crippen LogP contribution >= 0.6 is 0 Å². The van der Waals surface area contributed by atoms with Crippen molar-refractivity contribution in [1.29, 1.82) is 5.26 Å². The van der Waals surface area contributed by atoms with Crippen molar-refractivity contribution in [2.75, 3.05) is 39.3 Å². The minimum atomic E-state index is -0.235. The normalized spacial score (nSPS) is 15.5. The molecule has 0 aliphatic carbocycles. The summed E-state index contributed by atoms with van der Waals surface area (Å²) in [5.41, 5.74) is 1.20. The van der Waals surface area contributed by atoms with Crippen LogP contribution in [0.3, 0.4) is 0 Å². The standard InChI is InChI=1S/C20H29N5O/c1-17(2)25(16-18-6-4-3-5-7-18)20(26)19(14-21)15-23-10-13-24-11-8-22-9-12-24/h3-7,15,17,22-23H,8-13,16H2,1-2H3/b19-15-. The third kappa shape index (κ3) is 6.17. The topological polar surface area (TPSA) is 71.4 Å². The van der Waals surface area contributed by atoms with Gasteiger partial charge in [-0.1, -0.05) is 30.3 Å². The molecule has 26 heavy (non-hydrogen) atoms. The van der Waals surface area contributed by atoms with Gasteiger partial charge in [0.1, 0.15) is 11.6 Å². The summed E-state index contributed by atoms with van der Waals surface area (Å²) in [5.74, 6) is -0.235. The van der Waals surface area contributed by atoms with Gasteiger partial charge in [-0.25, -0.2) is 0 Å². The average Bonchev–Trinajstić information content (AvgIpc) is 2.67. The lowest BCUT2D eigenvalue weighted by molar-refractivity contribution is -0.129. The number of nitriles is 1. The summed E-state index contributed by atoms with van der Waals surface area (Å²) in [7, 11) is 0. The zero-order valence-corrected chi connectivity index (χ0v) is 15.7. The minimum absolute atomic E-state index is 0.0142. The summed E-state index contributed by atoms with van der Waals surface area (Å²) in [6, 6.07) is 11.9. The Hall–Kier alpha value is -2.36. The van der Waals surface area contributed by atoms with E-state index in [4.69, 9.17) is 0 Å². The smallest absolute Gasteiger partial charge is 0.266 e. The first-order chi connectivity index (χ1) is 12.6. The fourth-order valence-corrected chi connectivity index (χ4v) is 2.90.